The Bertz CT molecular complexity index is 175. The summed E-state index contributed by atoms with van der Waals surface area (Å²) in [6, 6.07) is 0. The summed E-state index contributed by atoms with van der Waals surface area (Å²) in [7, 11) is 0. The zero-order valence-electron chi connectivity index (χ0n) is 9.48. The van der Waals surface area contributed by atoms with Gasteiger partial charge >= 0.3 is 0 Å². The minimum absolute atomic E-state index is 0.0580. The summed E-state index contributed by atoms with van der Waals surface area (Å²) in [5.41, 5.74) is 0.334. The number of hydrogen-bond acceptors (Lipinski definition) is 2. The van der Waals surface area contributed by atoms with E-state index in [1.807, 2.05) is 0 Å². The van der Waals surface area contributed by atoms with Crippen molar-refractivity contribution in [3.05, 3.63) is 0 Å². The maximum Gasteiger partial charge on any atom is 0.158 e. The van der Waals surface area contributed by atoms with Crippen molar-refractivity contribution in [2.24, 2.45) is 10.8 Å². The third-order valence-corrected chi connectivity index (χ3v) is 3.24. The fourth-order valence-corrected chi connectivity index (χ4v) is 0.906. The van der Waals surface area contributed by atoms with Gasteiger partial charge in [0, 0.05) is 6.42 Å². The average molecular weight is 186 g/mol. The molecule has 0 unspecified atom stereocenters. The zero-order chi connectivity index (χ0) is 10.7. The second-order valence-electron chi connectivity index (χ2n) is 5.33. The van der Waals surface area contributed by atoms with Crippen LogP contribution in [0.1, 0.15) is 47.5 Å². The van der Waals surface area contributed by atoms with Gasteiger partial charge in [-0.3, -0.25) is 4.79 Å². The van der Waals surface area contributed by atoms with Crippen LogP contribution >= 0.6 is 0 Å². The van der Waals surface area contributed by atoms with E-state index in [2.05, 4.69) is 34.6 Å². The molecule has 0 aliphatic heterocycles. The minimum atomic E-state index is -0.319. The predicted octanol–water partition coefficient (Wildman–Crippen LogP) is 2.40. The Morgan fingerprint density at radius 3 is 1.92 bits per heavy atom. The lowest BCUT2D eigenvalue weighted by molar-refractivity contribution is -0.122. The molecule has 1 N–H and O–H groups in total. The van der Waals surface area contributed by atoms with Crippen LogP contribution in [0.3, 0.4) is 0 Å². The molecule has 0 aromatic carbocycles. The number of hydrogen-bond donors (Lipinski definition) is 1. The van der Waals surface area contributed by atoms with E-state index in [4.69, 9.17) is 5.11 Å². The predicted molar refractivity (Wildman–Crippen MR) is 54.6 cm³/mol. The van der Waals surface area contributed by atoms with E-state index in [0.29, 0.717) is 6.42 Å². The summed E-state index contributed by atoms with van der Waals surface area (Å²) < 4.78 is 0. The highest BCUT2D eigenvalue weighted by Gasteiger charge is 2.32. The molecule has 2 heteroatoms. The Morgan fingerprint density at radius 1 is 1.15 bits per heavy atom. The van der Waals surface area contributed by atoms with Crippen molar-refractivity contribution < 1.29 is 9.90 Å². The smallest absolute Gasteiger partial charge is 0.158 e. The number of rotatable bonds is 4. The number of Topliss-reactive ketones (excluding diaryl/α,β-unsaturated/α-hetero) is 1. The van der Waals surface area contributed by atoms with Crippen LogP contribution in [0.5, 0.6) is 0 Å². The standard InChI is InChI=1S/C11H22O2/c1-10(2,3)11(4,5)7-6-9(13)8-12/h12H,6-8H2,1-5H3. The fraction of sp³-hybridized carbons (Fsp3) is 0.909. The molecule has 0 fully saturated rings. The third kappa shape index (κ3) is 3.90. The maximum absolute atomic E-state index is 10.9. The normalized spacial score (nSPS) is 13.1. The molecule has 0 aliphatic rings. The molecule has 0 radical (unpaired) electrons. The van der Waals surface area contributed by atoms with Crippen molar-refractivity contribution in [1.29, 1.82) is 0 Å². The van der Waals surface area contributed by atoms with Crippen LogP contribution in [0.25, 0.3) is 0 Å². The first kappa shape index (κ1) is 12.6. The first-order valence-electron chi connectivity index (χ1n) is 4.83. The Morgan fingerprint density at radius 2 is 1.62 bits per heavy atom. The van der Waals surface area contributed by atoms with E-state index < -0.39 is 0 Å². The van der Waals surface area contributed by atoms with Crippen LogP contribution in [0.15, 0.2) is 0 Å². The Balaban J connectivity index is 4.12. The van der Waals surface area contributed by atoms with E-state index in [9.17, 15) is 4.79 Å². The van der Waals surface area contributed by atoms with Crippen LogP contribution in [-0.4, -0.2) is 17.5 Å². The molecular weight excluding hydrogens is 164 g/mol. The molecule has 0 saturated carbocycles. The first-order valence-corrected chi connectivity index (χ1v) is 4.83. The average Bonchev–Trinajstić information content (AvgIpc) is 1.98. The van der Waals surface area contributed by atoms with E-state index in [0.717, 1.165) is 6.42 Å². The molecule has 13 heavy (non-hydrogen) atoms. The van der Waals surface area contributed by atoms with Crippen molar-refractivity contribution in [3.63, 3.8) is 0 Å². The highest BCUT2D eigenvalue weighted by atomic mass is 16.3. The van der Waals surface area contributed by atoms with Crippen molar-refractivity contribution in [1.82, 2.24) is 0 Å². The van der Waals surface area contributed by atoms with Gasteiger partial charge in [0.1, 0.15) is 6.61 Å². The lowest BCUT2D eigenvalue weighted by atomic mass is 9.67. The van der Waals surface area contributed by atoms with Crippen LogP contribution < -0.4 is 0 Å². The number of ketones is 1. The molecular formula is C11H22O2. The number of carbonyl (C=O) groups is 1. The van der Waals surface area contributed by atoms with Crippen LogP contribution in [-0.2, 0) is 4.79 Å². The fourth-order valence-electron chi connectivity index (χ4n) is 0.906. The van der Waals surface area contributed by atoms with Gasteiger partial charge in [0.2, 0.25) is 0 Å². The van der Waals surface area contributed by atoms with Crippen LogP contribution in [0.2, 0.25) is 0 Å². The van der Waals surface area contributed by atoms with Crippen LogP contribution in [0, 0.1) is 10.8 Å². The maximum atomic E-state index is 10.9. The highest BCUT2D eigenvalue weighted by molar-refractivity contribution is 5.79. The second kappa shape index (κ2) is 4.23. The molecule has 0 aromatic heterocycles. The van der Waals surface area contributed by atoms with E-state index >= 15 is 0 Å². The summed E-state index contributed by atoms with van der Waals surface area (Å²) in [6.07, 6.45) is 1.33. The van der Waals surface area contributed by atoms with E-state index in [1.165, 1.54) is 0 Å². The van der Waals surface area contributed by atoms with Gasteiger partial charge < -0.3 is 5.11 Å². The lowest BCUT2D eigenvalue weighted by Crippen LogP contribution is -2.30. The zero-order valence-corrected chi connectivity index (χ0v) is 9.48. The minimum Gasteiger partial charge on any atom is -0.389 e. The Kier molecular flexibility index (Phi) is 4.11. The Hall–Kier alpha value is -0.370. The summed E-state index contributed by atoms with van der Waals surface area (Å²) in [6.45, 7) is 10.5. The molecule has 2 nitrogen and oxygen atoms in total. The number of aliphatic hydroxyl groups excluding tert-OH is 1. The third-order valence-electron chi connectivity index (χ3n) is 3.24. The van der Waals surface area contributed by atoms with Gasteiger partial charge in [-0.1, -0.05) is 34.6 Å². The summed E-state index contributed by atoms with van der Waals surface area (Å²) >= 11 is 0. The SMILES string of the molecule is CC(C)(C)C(C)(C)CCC(=O)CO. The van der Waals surface area contributed by atoms with Gasteiger partial charge in [0.15, 0.2) is 5.78 Å². The number of aliphatic hydroxyl groups is 1. The quantitative estimate of drug-likeness (QED) is 0.732. The lowest BCUT2D eigenvalue weighted by Gasteiger charge is -2.38. The summed E-state index contributed by atoms with van der Waals surface area (Å²) in [5, 5.41) is 8.58. The molecule has 0 aliphatic carbocycles. The van der Waals surface area contributed by atoms with Crippen molar-refractivity contribution in [3.8, 4) is 0 Å². The molecule has 0 bridgehead atoms. The number of carbonyl (C=O) groups excluding carboxylic acids is 1. The topological polar surface area (TPSA) is 37.3 Å². The van der Waals surface area contributed by atoms with Crippen molar-refractivity contribution in [2.45, 2.75) is 47.5 Å². The van der Waals surface area contributed by atoms with Gasteiger partial charge in [0.25, 0.3) is 0 Å². The van der Waals surface area contributed by atoms with Crippen molar-refractivity contribution in [2.75, 3.05) is 6.61 Å². The first-order chi connectivity index (χ1) is 5.70. The van der Waals surface area contributed by atoms with Gasteiger partial charge in [-0.25, -0.2) is 0 Å². The molecule has 0 amide bonds. The van der Waals surface area contributed by atoms with Gasteiger partial charge in [0.05, 0.1) is 0 Å². The summed E-state index contributed by atoms with van der Waals surface area (Å²) in [4.78, 5) is 10.9. The molecule has 0 heterocycles. The monoisotopic (exact) mass is 186 g/mol. The molecule has 0 atom stereocenters. The second-order valence-corrected chi connectivity index (χ2v) is 5.33. The highest BCUT2D eigenvalue weighted by Crippen LogP contribution is 2.41. The molecule has 0 aromatic rings. The summed E-state index contributed by atoms with van der Waals surface area (Å²) in [5.74, 6) is -0.0580. The molecule has 0 rings (SSSR count). The van der Waals surface area contributed by atoms with E-state index in [-0.39, 0.29) is 23.2 Å². The molecule has 78 valence electrons. The van der Waals surface area contributed by atoms with Gasteiger partial charge in [-0.15, -0.1) is 0 Å². The Labute approximate surface area is 81.3 Å². The van der Waals surface area contributed by atoms with E-state index in [1.54, 1.807) is 0 Å². The molecule has 0 spiro atoms. The van der Waals surface area contributed by atoms with Crippen molar-refractivity contribution >= 4 is 5.78 Å². The largest absolute Gasteiger partial charge is 0.389 e. The van der Waals surface area contributed by atoms with Crippen LogP contribution in [0.4, 0.5) is 0 Å². The van der Waals surface area contributed by atoms with Gasteiger partial charge in [-0.05, 0) is 17.3 Å². The van der Waals surface area contributed by atoms with Gasteiger partial charge in [-0.2, -0.15) is 0 Å². The molecule has 0 saturated heterocycles.